The molecule has 0 unspecified atom stereocenters. The number of carbonyl (C=O) groups is 1. The number of benzene rings is 2. The monoisotopic (exact) mass is 474 g/mol. The lowest BCUT2D eigenvalue weighted by Crippen LogP contribution is -2.08. The fraction of sp³-hybridized carbons (Fsp3) is 0.190. The number of carbonyl (C=O) groups excluding carboxylic acids is 1. The van der Waals surface area contributed by atoms with Gasteiger partial charge in [0.2, 0.25) is 11.6 Å². The van der Waals surface area contributed by atoms with E-state index in [0.29, 0.717) is 33.4 Å². The number of methoxy groups -OCH3 is 2. The number of H-pyrrole nitrogens is 1. The van der Waals surface area contributed by atoms with Crippen molar-refractivity contribution in [3.05, 3.63) is 56.3 Å². The van der Waals surface area contributed by atoms with Crippen LogP contribution in [0.25, 0.3) is 10.8 Å². The molecule has 0 saturated carbocycles. The van der Waals surface area contributed by atoms with Crippen LogP contribution in [0.3, 0.4) is 0 Å². The summed E-state index contributed by atoms with van der Waals surface area (Å²) in [5.41, 5.74) is 0.680. The number of ether oxygens (including phenoxy) is 3. The van der Waals surface area contributed by atoms with Gasteiger partial charge in [0.15, 0.2) is 11.5 Å². The molecule has 2 aromatic carbocycles. The maximum Gasteiger partial charge on any atom is 0.308 e. The third-order valence-electron chi connectivity index (χ3n) is 4.26. The molecule has 8 nitrogen and oxygen atoms in total. The summed E-state index contributed by atoms with van der Waals surface area (Å²) in [5.74, 6) is 0.140. The van der Waals surface area contributed by atoms with Crippen LogP contribution in [0.4, 0.5) is 0 Å². The number of hydrogen-bond donors (Lipinski definition) is 2. The van der Waals surface area contributed by atoms with E-state index in [0.717, 1.165) is 4.47 Å². The van der Waals surface area contributed by atoms with Gasteiger partial charge in [-0.2, -0.15) is 0 Å². The second-order valence-electron chi connectivity index (χ2n) is 6.30. The average Bonchev–Trinajstić information content (AvgIpc) is 2.69. The molecule has 0 radical (unpaired) electrons. The predicted octanol–water partition coefficient (Wildman–Crippen LogP) is 3.56. The fourth-order valence-electron chi connectivity index (χ4n) is 2.99. The molecule has 3 rings (SSSR count). The van der Waals surface area contributed by atoms with Gasteiger partial charge >= 0.3 is 5.97 Å². The van der Waals surface area contributed by atoms with E-state index < -0.39 is 11.5 Å². The van der Waals surface area contributed by atoms with Crippen molar-refractivity contribution in [3.8, 4) is 23.1 Å². The molecule has 3 aromatic rings. The number of aromatic nitrogens is 1. The molecule has 1 aromatic heterocycles. The van der Waals surface area contributed by atoms with Crippen LogP contribution in [0.5, 0.6) is 23.1 Å². The smallest absolute Gasteiger partial charge is 0.308 e. The van der Waals surface area contributed by atoms with Crippen molar-refractivity contribution in [1.82, 2.24) is 4.98 Å². The number of nitrogens with one attached hydrogen (secondary N) is 1. The van der Waals surface area contributed by atoms with E-state index in [4.69, 9.17) is 14.2 Å². The van der Waals surface area contributed by atoms with E-state index in [2.05, 4.69) is 25.9 Å². The Bertz CT molecular complexity index is 1200. The Balaban J connectivity index is 1.98. The maximum atomic E-state index is 12.1. The van der Waals surface area contributed by atoms with E-state index in [1.807, 2.05) is 0 Å². The van der Waals surface area contributed by atoms with Crippen LogP contribution in [0.1, 0.15) is 18.1 Å². The first-order valence-electron chi connectivity index (χ1n) is 8.81. The summed E-state index contributed by atoms with van der Waals surface area (Å²) in [6.07, 6.45) is 1.47. The number of pyridine rings is 1. The summed E-state index contributed by atoms with van der Waals surface area (Å²) < 4.78 is 16.6. The van der Waals surface area contributed by atoms with Gasteiger partial charge in [-0.05, 0) is 35.9 Å². The Kier molecular flexibility index (Phi) is 6.41. The summed E-state index contributed by atoms with van der Waals surface area (Å²) in [7, 11) is 2.93. The van der Waals surface area contributed by atoms with E-state index in [-0.39, 0.29) is 18.2 Å². The molecular formula is C21H19BrN2O6. The zero-order valence-electron chi connectivity index (χ0n) is 16.5. The van der Waals surface area contributed by atoms with Gasteiger partial charge in [0.1, 0.15) is 0 Å². The van der Waals surface area contributed by atoms with Gasteiger partial charge < -0.3 is 19.3 Å². The van der Waals surface area contributed by atoms with Gasteiger partial charge in [0.25, 0.3) is 5.56 Å². The largest absolute Gasteiger partial charge is 0.494 e. The lowest BCUT2D eigenvalue weighted by Gasteiger charge is -2.13. The molecule has 0 spiro atoms. The first kappa shape index (κ1) is 21.4. The van der Waals surface area contributed by atoms with E-state index in [1.165, 1.54) is 27.4 Å². The Morgan fingerprint density at radius 1 is 1.17 bits per heavy atom. The number of hydrogen-bond acceptors (Lipinski definition) is 7. The van der Waals surface area contributed by atoms with Crippen molar-refractivity contribution >= 4 is 38.9 Å². The summed E-state index contributed by atoms with van der Waals surface area (Å²) in [5, 5.41) is 11.2. The van der Waals surface area contributed by atoms with Crippen molar-refractivity contribution in [1.29, 1.82) is 0 Å². The minimum atomic E-state index is -0.494. The minimum Gasteiger partial charge on any atom is -0.494 e. The molecule has 9 heteroatoms. The molecule has 0 aliphatic carbocycles. The van der Waals surface area contributed by atoms with Crippen LogP contribution in [0, 0.1) is 0 Å². The molecule has 0 aliphatic heterocycles. The summed E-state index contributed by atoms with van der Waals surface area (Å²) in [6.45, 7) is 1.49. The van der Waals surface area contributed by atoms with Crippen molar-refractivity contribution in [3.63, 3.8) is 0 Å². The Morgan fingerprint density at radius 2 is 1.90 bits per heavy atom. The van der Waals surface area contributed by atoms with Crippen LogP contribution >= 0.6 is 15.9 Å². The summed E-state index contributed by atoms with van der Waals surface area (Å²) in [6, 6.07) is 8.48. The topological polar surface area (TPSA) is 110 Å². The fourth-order valence-corrected chi connectivity index (χ4v) is 3.35. The molecule has 0 aliphatic rings. The number of aromatic amines is 1. The van der Waals surface area contributed by atoms with Gasteiger partial charge in [-0.3, -0.25) is 19.6 Å². The van der Waals surface area contributed by atoms with E-state index >= 15 is 0 Å². The number of fused-ring (bicyclic) bond motifs is 1. The molecule has 0 amide bonds. The lowest BCUT2D eigenvalue weighted by molar-refractivity contribution is -0.132. The van der Waals surface area contributed by atoms with Gasteiger partial charge in [0.05, 0.1) is 26.3 Å². The van der Waals surface area contributed by atoms with Gasteiger partial charge in [-0.15, -0.1) is 0 Å². The second-order valence-corrected chi connectivity index (χ2v) is 7.21. The summed E-state index contributed by atoms with van der Waals surface area (Å²) >= 11 is 3.37. The number of aliphatic imine (C=N–C) groups is 1. The predicted molar refractivity (Wildman–Crippen MR) is 116 cm³/mol. The van der Waals surface area contributed by atoms with Crippen LogP contribution < -0.4 is 19.8 Å². The Hall–Kier alpha value is -3.33. The molecule has 0 bridgehead atoms. The minimum absolute atomic E-state index is 0.197. The molecule has 2 N–H and O–H groups in total. The zero-order chi connectivity index (χ0) is 21.8. The van der Waals surface area contributed by atoms with Crippen molar-refractivity contribution < 1.29 is 24.1 Å². The summed E-state index contributed by atoms with van der Waals surface area (Å²) in [4.78, 5) is 30.3. The third-order valence-corrected chi connectivity index (χ3v) is 4.75. The molecule has 156 valence electrons. The normalized spacial score (nSPS) is 11.1. The number of esters is 1. The van der Waals surface area contributed by atoms with Gasteiger partial charge in [-0.1, -0.05) is 15.9 Å². The van der Waals surface area contributed by atoms with Crippen LogP contribution in [-0.2, 0) is 11.3 Å². The molecular weight excluding hydrogens is 456 g/mol. The molecule has 30 heavy (non-hydrogen) atoms. The first-order valence-corrected chi connectivity index (χ1v) is 9.61. The molecule has 0 atom stereocenters. The second kappa shape index (κ2) is 9.00. The maximum absolute atomic E-state index is 12.1. The highest BCUT2D eigenvalue weighted by atomic mass is 79.9. The van der Waals surface area contributed by atoms with Crippen molar-refractivity contribution in [2.45, 2.75) is 13.5 Å². The Labute approximate surface area is 180 Å². The zero-order valence-corrected chi connectivity index (χ0v) is 18.1. The van der Waals surface area contributed by atoms with E-state index in [1.54, 1.807) is 30.3 Å². The van der Waals surface area contributed by atoms with Crippen molar-refractivity contribution in [2.24, 2.45) is 4.99 Å². The van der Waals surface area contributed by atoms with Crippen LogP contribution in [0.2, 0.25) is 0 Å². The third kappa shape index (κ3) is 4.46. The lowest BCUT2D eigenvalue weighted by atomic mass is 10.1. The number of halogens is 1. The van der Waals surface area contributed by atoms with E-state index in [9.17, 15) is 14.7 Å². The number of aromatic hydroxyl groups is 1. The Morgan fingerprint density at radius 3 is 2.57 bits per heavy atom. The standard InChI is InChI=1S/C21H19BrN2O6/c1-11(25)30-18-7-12(6-17(28-2)19(18)29-3)9-23-10-16-15-8-13(22)4-5-14(15)20(26)24-21(16)27/h4-8,10H,9H2,1-3H3,(H2,24,26,27). The van der Waals surface area contributed by atoms with Crippen LogP contribution in [0.15, 0.2) is 44.6 Å². The van der Waals surface area contributed by atoms with Gasteiger partial charge in [0, 0.05) is 28.4 Å². The number of rotatable bonds is 6. The highest BCUT2D eigenvalue weighted by Crippen LogP contribution is 2.38. The molecule has 0 fully saturated rings. The van der Waals surface area contributed by atoms with Gasteiger partial charge in [-0.25, -0.2) is 0 Å². The highest BCUT2D eigenvalue weighted by molar-refractivity contribution is 9.10. The number of nitrogens with zero attached hydrogens (tertiary/aromatic N) is 1. The highest BCUT2D eigenvalue weighted by Gasteiger charge is 2.15. The SMILES string of the molecule is COc1cc(CN=Cc2c(O)[nH]c(=O)c3ccc(Br)cc23)cc(OC(C)=O)c1OC. The van der Waals surface area contributed by atoms with Crippen molar-refractivity contribution in [2.75, 3.05) is 14.2 Å². The average molecular weight is 475 g/mol. The van der Waals surface area contributed by atoms with Crippen LogP contribution in [-0.4, -0.2) is 36.5 Å². The molecule has 1 heterocycles. The molecule has 0 saturated heterocycles. The quantitative estimate of drug-likeness (QED) is 0.321. The first-order chi connectivity index (χ1) is 14.3.